The summed E-state index contributed by atoms with van der Waals surface area (Å²) in [7, 11) is -3.55. The number of thioether (sulfide) groups is 1. The molecular formula is C15H23N3O3S2. The van der Waals surface area contributed by atoms with E-state index >= 15 is 0 Å². The van der Waals surface area contributed by atoms with E-state index in [0.717, 1.165) is 11.6 Å². The van der Waals surface area contributed by atoms with Crippen molar-refractivity contribution in [2.75, 3.05) is 30.0 Å². The molecule has 1 unspecified atom stereocenters. The second-order valence-corrected chi connectivity index (χ2v) is 8.27. The number of aryl methyl sites for hydroxylation is 1. The number of hydrogen-bond donors (Lipinski definition) is 2. The van der Waals surface area contributed by atoms with Gasteiger partial charge in [0.2, 0.25) is 15.9 Å². The van der Waals surface area contributed by atoms with E-state index in [1.54, 1.807) is 36.9 Å². The van der Waals surface area contributed by atoms with Crippen molar-refractivity contribution in [2.24, 2.45) is 0 Å². The molecule has 2 rings (SSSR count). The summed E-state index contributed by atoms with van der Waals surface area (Å²) in [5, 5.41) is 5.89. The molecule has 8 heteroatoms. The number of rotatable bonds is 6. The van der Waals surface area contributed by atoms with E-state index in [-0.39, 0.29) is 16.8 Å². The molecule has 1 aromatic rings. The smallest absolute Gasteiger partial charge is 0.243 e. The zero-order chi connectivity index (χ0) is 17.0. The Morgan fingerprint density at radius 3 is 2.65 bits per heavy atom. The zero-order valence-electron chi connectivity index (χ0n) is 13.6. The van der Waals surface area contributed by atoms with Crippen LogP contribution in [0, 0.1) is 6.92 Å². The Bertz CT molecular complexity index is 667. The van der Waals surface area contributed by atoms with Crippen LogP contribution in [0.3, 0.4) is 0 Å². The molecule has 1 atom stereocenters. The van der Waals surface area contributed by atoms with Crippen LogP contribution in [0.15, 0.2) is 23.1 Å². The molecule has 1 fully saturated rings. The van der Waals surface area contributed by atoms with E-state index in [2.05, 4.69) is 10.6 Å². The Balaban J connectivity index is 2.26. The normalized spacial score (nSPS) is 18.3. The molecule has 1 heterocycles. The maximum Gasteiger partial charge on any atom is 0.243 e. The molecule has 1 aliphatic heterocycles. The van der Waals surface area contributed by atoms with Gasteiger partial charge in [-0.15, -0.1) is 11.8 Å². The Hall–Kier alpha value is -1.09. The Morgan fingerprint density at radius 1 is 1.39 bits per heavy atom. The fourth-order valence-electron chi connectivity index (χ4n) is 2.45. The number of nitrogens with one attached hydrogen (secondary N) is 2. The van der Waals surface area contributed by atoms with Gasteiger partial charge >= 0.3 is 0 Å². The van der Waals surface area contributed by atoms with Crippen LogP contribution in [0.5, 0.6) is 0 Å². The molecule has 6 nitrogen and oxygen atoms in total. The van der Waals surface area contributed by atoms with Crippen molar-refractivity contribution in [3.05, 3.63) is 23.8 Å². The van der Waals surface area contributed by atoms with Crippen LogP contribution >= 0.6 is 11.8 Å². The van der Waals surface area contributed by atoms with Gasteiger partial charge in [0.15, 0.2) is 0 Å². The largest absolute Gasteiger partial charge is 0.325 e. The van der Waals surface area contributed by atoms with Crippen molar-refractivity contribution in [1.82, 2.24) is 9.62 Å². The van der Waals surface area contributed by atoms with Gasteiger partial charge in [-0.2, -0.15) is 4.31 Å². The molecular weight excluding hydrogens is 334 g/mol. The molecule has 0 saturated carbocycles. The highest BCUT2D eigenvalue weighted by Crippen LogP contribution is 2.24. The highest BCUT2D eigenvalue weighted by molar-refractivity contribution is 7.99. The number of carbonyl (C=O) groups excluding carboxylic acids is 1. The summed E-state index contributed by atoms with van der Waals surface area (Å²) in [4.78, 5) is 12.4. The van der Waals surface area contributed by atoms with E-state index in [4.69, 9.17) is 0 Å². The van der Waals surface area contributed by atoms with Gasteiger partial charge in [-0.1, -0.05) is 19.9 Å². The average molecular weight is 358 g/mol. The summed E-state index contributed by atoms with van der Waals surface area (Å²) >= 11 is 1.67. The summed E-state index contributed by atoms with van der Waals surface area (Å²) in [5.41, 5.74) is 1.18. The quantitative estimate of drug-likeness (QED) is 0.809. The molecule has 0 bridgehead atoms. The minimum absolute atomic E-state index is 0.134. The maximum atomic E-state index is 12.7. The molecule has 1 saturated heterocycles. The van der Waals surface area contributed by atoms with Crippen molar-refractivity contribution in [2.45, 2.75) is 31.7 Å². The summed E-state index contributed by atoms with van der Waals surface area (Å²) in [5.74, 6) is 1.35. The second kappa shape index (κ2) is 7.65. The van der Waals surface area contributed by atoms with Gasteiger partial charge in [0.25, 0.3) is 0 Å². The van der Waals surface area contributed by atoms with Crippen molar-refractivity contribution >= 4 is 33.4 Å². The lowest BCUT2D eigenvalue weighted by atomic mass is 10.2. The summed E-state index contributed by atoms with van der Waals surface area (Å²) in [6, 6.07) is 4.77. The molecule has 0 spiro atoms. The topological polar surface area (TPSA) is 78.5 Å². The molecule has 1 aliphatic rings. The minimum atomic E-state index is -3.55. The van der Waals surface area contributed by atoms with Crippen LogP contribution in [0.1, 0.15) is 19.4 Å². The highest BCUT2D eigenvalue weighted by atomic mass is 32.2. The first-order valence-corrected chi connectivity index (χ1v) is 10.2. The second-order valence-electron chi connectivity index (χ2n) is 5.33. The molecule has 0 aromatic heterocycles. The predicted molar refractivity (Wildman–Crippen MR) is 94.2 cm³/mol. The van der Waals surface area contributed by atoms with Crippen molar-refractivity contribution < 1.29 is 13.2 Å². The molecule has 2 N–H and O–H groups in total. The Labute approximate surface area is 142 Å². The van der Waals surface area contributed by atoms with E-state index in [1.807, 2.05) is 13.8 Å². The first kappa shape index (κ1) is 18.3. The van der Waals surface area contributed by atoms with Crippen LogP contribution in [-0.4, -0.2) is 49.4 Å². The summed E-state index contributed by atoms with van der Waals surface area (Å²) in [6.07, 6.45) is 0. The van der Waals surface area contributed by atoms with Crippen LogP contribution in [0.4, 0.5) is 5.69 Å². The SMILES string of the molecule is CCN(CC)S(=O)(=O)c1cc(NC(=O)C2CSCN2)ccc1C. The van der Waals surface area contributed by atoms with Crippen LogP contribution in [0.2, 0.25) is 0 Å². The van der Waals surface area contributed by atoms with Crippen LogP contribution in [-0.2, 0) is 14.8 Å². The lowest BCUT2D eigenvalue weighted by Crippen LogP contribution is -2.37. The number of amides is 1. The third kappa shape index (κ3) is 4.06. The van der Waals surface area contributed by atoms with Gasteiger partial charge in [0.1, 0.15) is 0 Å². The lowest BCUT2D eigenvalue weighted by molar-refractivity contribution is -0.117. The molecule has 0 aliphatic carbocycles. The predicted octanol–water partition coefficient (Wildman–Crippen LogP) is 1.63. The fourth-order valence-corrected chi connectivity index (χ4v) is 5.10. The van der Waals surface area contributed by atoms with Crippen LogP contribution < -0.4 is 10.6 Å². The van der Waals surface area contributed by atoms with E-state index in [1.165, 1.54) is 4.31 Å². The number of hydrogen-bond acceptors (Lipinski definition) is 5. The maximum absolute atomic E-state index is 12.7. The minimum Gasteiger partial charge on any atom is -0.325 e. The zero-order valence-corrected chi connectivity index (χ0v) is 15.3. The van der Waals surface area contributed by atoms with Crippen LogP contribution in [0.25, 0.3) is 0 Å². The molecule has 1 aromatic carbocycles. The van der Waals surface area contributed by atoms with E-state index in [9.17, 15) is 13.2 Å². The number of anilines is 1. The van der Waals surface area contributed by atoms with Crippen molar-refractivity contribution in [3.8, 4) is 0 Å². The Kier molecular flexibility index (Phi) is 6.07. The first-order valence-electron chi connectivity index (χ1n) is 7.63. The van der Waals surface area contributed by atoms with Gasteiger partial charge in [-0.3, -0.25) is 10.1 Å². The fraction of sp³-hybridized carbons (Fsp3) is 0.533. The van der Waals surface area contributed by atoms with E-state index in [0.29, 0.717) is 24.3 Å². The van der Waals surface area contributed by atoms with Gasteiger partial charge < -0.3 is 5.32 Å². The molecule has 128 valence electrons. The molecule has 1 amide bonds. The number of sulfonamides is 1. The summed E-state index contributed by atoms with van der Waals surface area (Å²) in [6.45, 7) is 6.21. The lowest BCUT2D eigenvalue weighted by Gasteiger charge is -2.20. The number of benzene rings is 1. The first-order chi connectivity index (χ1) is 10.9. The third-order valence-electron chi connectivity index (χ3n) is 3.81. The van der Waals surface area contributed by atoms with Crippen molar-refractivity contribution in [1.29, 1.82) is 0 Å². The van der Waals surface area contributed by atoms with Crippen molar-refractivity contribution in [3.63, 3.8) is 0 Å². The standard InChI is InChI=1S/C15H23N3O3S2/c1-4-18(5-2)23(20,21)14-8-12(7-6-11(14)3)17-15(19)13-9-22-10-16-13/h6-8,13,16H,4-5,9-10H2,1-3H3,(H,17,19). The molecule has 0 radical (unpaired) electrons. The summed E-state index contributed by atoms with van der Waals surface area (Å²) < 4.78 is 26.8. The van der Waals surface area contributed by atoms with Gasteiger partial charge in [-0.25, -0.2) is 8.42 Å². The van der Waals surface area contributed by atoms with Gasteiger partial charge in [0, 0.05) is 30.4 Å². The molecule has 23 heavy (non-hydrogen) atoms. The Morgan fingerprint density at radius 2 is 2.09 bits per heavy atom. The van der Waals surface area contributed by atoms with Gasteiger partial charge in [0.05, 0.1) is 10.9 Å². The number of nitrogens with zero attached hydrogens (tertiary/aromatic N) is 1. The third-order valence-corrected chi connectivity index (χ3v) is 6.94. The number of carbonyl (C=O) groups is 1. The average Bonchev–Trinajstić information content (AvgIpc) is 3.04. The van der Waals surface area contributed by atoms with Gasteiger partial charge in [-0.05, 0) is 24.6 Å². The monoisotopic (exact) mass is 357 g/mol. The highest BCUT2D eigenvalue weighted by Gasteiger charge is 2.25. The van der Waals surface area contributed by atoms with E-state index < -0.39 is 10.0 Å².